The van der Waals surface area contributed by atoms with Gasteiger partial charge in [-0.2, -0.15) is 0 Å². The minimum atomic E-state index is 1.08. The molecule has 3 rings (SSSR count). The molecule has 0 fully saturated rings. The molecular formula is C22H17BrS. The highest BCUT2D eigenvalue weighted by Crippen LogP contribution is 2.39. The summed E-state index contributed by atoms with van der Waals surface area (Å²) in [5, 5.41) is 0. The SMILES string of the molecule is Br/C(=C\c1ccccc1)S/C(=C/c1ccccc1)c1ccccc1. The summed E-state index contributed by atoms with van der Waals surface area (Å²) in [4.78, 5) is 1.21. The Morgan fingerprint density at radius 3 is 1.62 bits per heavy atom. The highest BCUT2D eigenvalue weighted by Gasteiger charge is 2.05. The van der Waals surface area contributed by atoms with E-state index in [4.69, 9.17) is 0 Å². The van der Waals surface area contributed by atoms with Gasteiger partial charge in [0.25, 0.3) is 0 Å². The monoisotopic (exact) mass is 392 g/mol. The molecule has 0 N–H and O–H groups in total. The number of hydrogen-bond donors (Lipinski definition) is 0. The van der Waals surface area contributed by atoms with Gasteiger partial charge in [0.05, 0.1) is 3.81 Å². The molecule has 118 valence electrons. The van der Waals surface area contributed by atoms with E-state index in [1.165, 1.54) is 21.6 Å². The fourth-order valence-corrected chi connectivity index (χ4v) is 3.93. The molecular weight excluding hydrogens is 376 g/mol. The van der Waals surface area contributed by atoms with E-state index >= 15 is 0 Å². The van der Waals surface area contributed by atoms with Gasteiger partial charge in [-0.25, -0.2) is 0 Å². The van der Waals surface area contributed by atoms with E-state index in [-0.39, 0.29) is 0 Å². The second-order valence-corrected chi connectivity index (χ2v) is 7.71. The van der Waals surface area contributed by atoms with Crippen molar-refractivity contribution in [3.63, 3.8) is 0 Å². The molecule has 0 aliphatic heterocycles. The van der Waals surface area contributed by atoms with E-state index in [9.17, 15) is 0 Å². The third kappa shape index (κ3) is 4.98. The Bertz CT molecular complexity index is 822. The lowest BCUT2D eigenvalue weighted by Gasteiger charge is -2.08. The predicted molar refractivity (Wildman–Crippen MR) is 112 cm³/mol. The van der Waals surface area contributed by atoms with Gasteiger partial charge in [-0.05, 0) is 44.8 Å². The lowest BCUT2D eigenvalue weighted by atomic mass is 10.1. The number of rotatable bonds is 5. The summed E-state index contributed by atoms with van der Waals surface area (Å²) in [7, 11) is 0. The molecule has 0 nitrogen and oxygen atoms in total. The van der Waals surface area contributed by atoms with Gasteiger partial charge in [0.15, 0.2) is 0 Å². The summed E-state index contributed by atoms with van der Waals surface area (Å²) in [6.45, 7) is 0. The van der Waals surface area contributed by atoms with E-state index in [1.807, 2.05) is 18.2 Å². The molecule has 0 radical (unpaired) electrons. The van der Waals surface area contributed by atoms with Crippen LogP contribution in [-0.2, 0) is 0 Å². The topological polar surface area (TPSA) is 0 Å². The van der Waals surface area contributed by atoms with Crippen molar-refractivity contribution in [2.45, 2.75) is 0 Å². The smallest absolute Gasteiger partial charge is 0.0557 e. The van der Waals surface area contributed by atoms with Crippen LogP contribution in [-0.4, -0.2) is 0 Å². The summed E-state index contributed by atoms with van der Waals surface area (Å²) < 4.78 is 1.08. The molecule has 0 unspecified atom stereocenters. The van der Waals surface area contributed by atoms with E-state index in [0.717, 1.165) is 3.81 Å². The van der Waals surface area contributed by atoms with Crippen molar-refractivity contribution in [2.24, 2.45) is 0 Å². The molecule has 0 aromatic heterocycles. The molecule has 0 bridgehead atoms. The van der Waals surface area contributed by atoms with Gasteiger partial charge in [0.2, 0.25) is 0 Å². The van der Waals surface area contributed by atoms with Crippen LogP contribution in [0.5, 0.6) is 0 Å². The van der Waals surface area contributed by atoms with Gasteiger partial charge in [-0.1, -0.05) is 103 Å². The van der Waals surface area contributed by atoms with E-state index in [0.29, 0.717) is 0 Å². The summed E-state index contributed by atoms with van der Waals surface area (Å²) >= 11 is 5.44. The van der Waals surface area contributed by atoms with Gasteiger partial charge < -0.3 is 0 Å². The Labute approximate surface area is 156 Å². The van der Waals surface area contributed by atoms with Crippen molar-refractivity contribution in [3.05, 3.63) is 112 Å². The highest BCUT2D eigenvalue weighted by atomic mass is 79.9. The minimum Gasteiger partial charge on any atom is -0.0818 e. The molecule has 0 aliphatic carbocycles. The summed E-state index contributed by atoms with van der Waals surface area (Å²) in [5.74, 6) is 0. The lowest BCUT2D eigenvalue weighted by molar-refractivity contribution is 1.64. The van der Waals surface area contributed by atoms with Gasteiger partial charge >= 0.3 is 0 Å². The van der Waals surface area contributed by atoms with E-state index < -0.39 is 0 Å². The maximum Gasteiger partial charge on any atom is 0.0557 e. The number of hydrogen-bond acceptors (Lipinski definition) is 1. The van der Waals surface area contributed by atoms with Gasteiger partial charge in [-0.3, -0.25) is 0 Å². The van der Waals surface area contributed by atoms with Gasteiger partial charge in [0, 0.05) is 4.91 Å². The van der Waals surface area contributed by atoms with Crippen LogP contribution in [0.4, 0.5) is 0 Å². The highest BCUT2D eigenvalue weighted by molar-refractivity contribution is 9.14. The molecule has 0 saturated heterocycles. The predicted octanol–water partition coefficient (Wildman–Crippen LogP) is 7.31. The fraction of sp³-hybridized carbons (Fsp3) is 0. The number of thioether (sulfide) groups is 1. The minimum absolute atomic E-state index is 1.08. The van der Waals surface area contributed by atoms with Crippen LogP contribution >= 0.6 is 27.7 Å². The zero-order valence-corrected chi connectivity index (χ0v) is 15.5. The third-order valence-electron chi connectivity index (χ3n) is 3.44. The first-order chi connectivity index (χ1) is 11.8. The van der Waals surface area contributed by atoms with Crippen LogP contribution in [0, 0.1) is 0 Å². The van der Waals surface area contributed by atoms with Crippen LogP contribution in [0.3, 0.4) is 0 Å². The molecule has 3 aromatic rings. The Morgan fingerprint density at radius 2 is 1.08 bits per heavy atom. The van der Waals surface area contributed by atoms with Crippen LogP contribution < -0.4 is 0 Å². The number of benzene rings is 3. The zero-order valence-electron chi connectivity index (χ0n) is 13.1. The number of halogens is 1. The Kier molecular flexibility index (Phi) is 6.11. The maximum absolute atomic E-state index is 3.71. The average molecular weight is 393 g/mol. The third-order valence-corrected chi connectivity index (χ3v) is 5.04. The van der Waals surface area contributed by atoms with Gasteiger partial charge in [0.1, 0.15) is 0 Å². The molecule has 0 saturated carbocycles. The Hall–Kier alpha value is -2.03. The van der Waals surface area contributed by atoms with Crippen molar-refractivity contribution >= 4 is 44.7 Å². The summed E-state index contributed by atoms with van der Waals surface area (Å²) in [6.07, 6.45) is 4.37. The molecule has 3 aromatic carbocycles. The van der Waals surface area contributed by atoms with Gasteiger partial charge in [-0.15, -0.1) is 0 Å². The summed E-state index contributed by atoms with van der Waals surface area (Å²) in [6, 6.07) is 31.2. The molecule has 0 spiro atoms. The van der Waals surface area contributed by atoms with Crippen molar-refractivity contribution in [1.82, 2.24) is 0 Å². The molecule has 0 aliphatic rings. The molecule has 0 amide bonds. The van der Waals surface area contributed by atoms with Crippen molar-refractivity contribution in [2.75, 3.05) is 0 Å². The summed E-state index contributed by atoms with van der Waals surface area (Å²) in [5.41, 5.74) is 3.60. The average Bonchev–Trinajstić information content (AvgIpc) is 2.63. The second kappa shape index (κ2) is 8.72. The quantitative estimate of drug-likeness (QED) is 0.410. The fourth-order valence-electron chi connectivity index (χ4n) is 2.29. The van der Waals surface area contributed by atoms with Crippen LogP contribution in [0.1, 0.15) is 16.7 Å². The van der Waals surface area contributed by atoms with Crippen molar-refractivity contribution in [1.29, 1.82) is 0 Å². The lowest BCUT2D eigenvalue weighted by Crippen LogP contribution is -1.81. The van der Waals surface area contributed by atoms with Crippen LogP contribution in [0.25, 0.3) is 17.1 Å². The largest absolute Gasteiger partial charge is 0.0818 e. The van der Waals surface area contributed by atoms with Crippen molar-refractivity contribution in [3.8, 4) is 0 Å². The van der Waals surface area contributed by atoms with Crippen LogP contribution in [0.2, 0.25) is 0 Å². The molecule has 0 atom stereocenters. The standard InChI is InChI=1S/C22H17BrS/c23-22(17-19-12-6-2-7-13-19)24-21(20-14-8-3-9-15-20)16-18-10-4-1-5-11-18/h1-17H/b21-16+,22-17+. The first kappa shape index (κ1) is 16.8. The maximum atomic E-state index is 3.71. The molecule has 0 heterocycles. The molecule has 24 heavy (non-hydrogen) atoms. The Balaban J connectivity index is 1.91. The first-order valence-electron chi connectivity index (χ1n) is 7.73. The first-order valence-corrected chi connectivity index (χ1v) is 9.34. The van der Waals surface area contributed by atoms with Crippen LogP contribution in [0.15, 0.2) is 94.8 Å². The second-order valence-electron chi connectivity index (χ2n) is 5.25. The van der Waals surface area contributed by atoms with E-state index in [1.54, 1.807) is 11.8 Å². The van der Waals surface area contributed by atoms with Crippen molar-refractivity contribution < 1.29 is 0 Å². The Morgan fingerprint density at radius 1 is 0.625 bits per heavy atom. The zero-order chi connectivity index (χ0) is 16.6. The van der Waals surface area contributed by atoms with E-state index in [2.05, 4.69) is 101 Å². The normalized spacial score (nSPS) is 12.2. The molecule has 2 heteroatoms.